The van der Waals surface area contributed by atoms with Crippen molar-refractivity contribution in [2.75, 3.05) is 6.54 Å². The monoisotopic (exact) mass is 397 g/mol. The summed E-state index contributed by atoms with van der Waals surface area (Å²) < 4.78 is 43.2. The van der Waals surface area contributed by atoms with E-state index in [1.54, 1.807) is 24.0 Å². The Morgan fingerprint density at radius 3 is 2.56 bits per heavy atom. The third-order valence-electron chi connectivity index (χ3n) is 3.91. The summed E-state index contributed by atoms with van der Waals surface area (Å²) in [5.74, 6) is -0.139. The van der Waals surface area contributed by atoms with E-state index >= 15 is 0 Å². The molecule has 3 aromatic rings. The predicted molar refractivity (Wildman–Crippen MR) is 92.8 cm³/mol. The van der Waals surface area contributed by atoms with E-state index < -0.39 is 23.3 Å². The normalized spacial score (nSPS) is 11.6. The molecule has 2 aromatic heterocycles. The molecule has 3 rings (SSSR count). The number of benzene rings is 1. The van der Waals surface area contributed by atoms with Gasteiger partial charge in [0.2, 0.25) is 0 Å². The number of carbonyl (C=O) groups is 1. The molecule has 27 heavy (non-hydrogen) atoms. The number of alkyl halides is 3. The van der Waals surface area contributed by atoms with Crippen molar-refractivity contribution >= 4 is 17.5 Å². The summed E-state index contributed by atoms with van der Waals surface area (Å²) in [5.41, 5.74) is -1.53. The maximum atomic E-state index is 13.6. The lowest BCUT2D eigenvalue weighted by Crippen LogP contribution is -2.28. The van der Waals surface area contributed by atoms with E-state index in [0.717, 1.165) is 6.20 Å². The summed E-state index contributed by atoms with van der Waals surface area (Å²) >= 11 is 5.77. The highest BCUT2D eigenvalue weighted by molar-refractivity contribution is 6.30. The first kappa shape index (κ1) is 19.0. The Morgan fingerprint density at radius 2 is 1.96 bits per heavy atom. The van der Waals surface area contributed by atoms with E-state index in [9.17, 15) is 18.0 Å². The average Bonchev–Trinajstić information content (AvgIpc) is 3.22. The second-order valence-corrected chi connectivity index (χ2v) is 6.19. The van der Waals surface area contributed by atoms with Gasteiger partial charge >= 0.3 is 6.18 Å². The van der Waals surface area contributed by atoms with E-state index in [1.807, 2.05) is 0 Å². The van der Waals surface area contributed by atoms with Gasteiger partial charge in [0, 0.05) is 37.4 Å². The summed E-state index contributed by atoms with van der Waals surface area (Å²) in [7, 11) is 1.79. The van der Waals surface area contributed by atoms with Crippen molar-refractivity contribution in [2.24, 2.45) is 7.05 Å². The first-order valence-corrected chi connectivity index (χ1v) is 8.30. The zero-order chi connectivity index (χ0) is 19.6. The molecule has 0 saturated heterocycles. The third-order valence-corrected chi connectivity index (χ3v) is 4.16. The third kappa shape index (κ3) is 4.13. The molecule has 0 aliphatic carbocycles. The number of amides is 1. The number of carbonyl (C=O) groups excluding carboxylic acids is 1. The van der Waals surface area contributed by atoms with Crippen molar-refractivity contribution in [1.29, 1.82) is 0 Å². The van der Waals surface area contributed by atoms with Gasteiger partial charge in [-0.3, -0.25) is 4.79 Å². The van der Waals surface area contributed by atoms with Crippen LogP contribution >= 0.6 is 11.6 Å². The highest BCUT2D eigenvalue weighted by atomic mass is 35.5. The molecule has 0 spiro atoms. The van der Waals surface area contributed by atoms with Crippen LogP contribution in [0.2, 0.25) is 5.02 Å². The molecule has 2 heterocycles. The molecule has 0 radical (unpaired) electrons. The standard InChI is InChI=1S/C17H15ClF3N5O/c1-25-9-8-22-14(25)6-7-23-16(27)13-10-24-26(15(13)17(19,20)21)12-4-2-11(18)3-5-12/h2-5,8-10H,6-7H2,1H3,(H,23,27). The lowest BCUT2D eigenvalue weighted by atomic mass is 10.2. The first-order chi connectivity index (χ1) is 12.8. The maximum absolute atomic E-state index is 13.6. The molecule has 142 valence electrons. The molecule has 0 atom stereocenters. The van der Waals surface area contributed by atoms with Gasteiger partial charge in [-0.15, -0.1) is 0 Å². The van der Waals surface area contributed by atoms with Crippen molar-refractivity contribution in [1.82, 2.24) is 24.6 Å². The summed E-state index contributed by atoms with van der Waals surface area (Å²) in [6, 6.07) is 5.69. The van der Waals surface area contributed by atoms with Crippen LogP contribution in [0.5, 0.6) is 0 Å². The van der Waals surface area contributed by atoms with Crippen molar-refractivity contribution in [3.63, 3.8) is 0 Å². The van der Waals surface area contributed by atoms with Crippen LogP contribution in [0, 0.1) is 0 Å². The molecule has 1 aromatic carbocycles. The van der Waals surface area contributed by atoms with Crippen LogP contribution in [0.3, 0.4) is 0 Å². The second-order valence-electron chi connectivity index (χ2n) is 5.75. The highest BCUT2D eigenvalue weighted by Crippen LogP contribution is 2.33. The average molecular weight is 398 g/mol. The van der Waals surface area contributed by atoms with E-state index in [2.05, 4.69) is 15.4 Å². The Kier molecular flexibility index (Phi) is 5.22. The van der Waals surface area contributed by atoms with Gasteiger partial charge in [0.1, 0.15) is 5.82 Å². The van der Waals surface area contributed by atoms with E-state index in [1.165, 1.54) is 24.3 Å². The van der Waals surface area contributed by atoms with Gasteiger partial charge in [0.25, 0.3) is 5.91 Å². The molecule has 0 unspecified atom stereocenters. The van der Waals surface area contributed by atoms with Crippen LogP contribution in [0.15, 0.2) is 42.9 Å². The van der Waals surface area contributed by atoms with Crippen LogP contribution in [0.1, 0.15) is 21.9 Å². The van der Waals surface area contributed by atoms with Crippen molar-refractivity contribution < 1.29 is 18.0 Å². The van der Waals surface area contributed by atoms with Gasteiger partial charge < -0.3 is 9.88 Å². The smallest absolute Gasteiger partial charge is 0.351 e. The minimum atomic E-state index is -4.76. The second kappa shape index (κ2) is 7.43. The fraction of sp³-hybridized carbons (Fsp3) is 0.235. The molecule has 0 saturated carbocycles. The van der Waals surface area contributed by atoms with Crippen molar-refractivity contribution in [3.8, 4) is 5.69 Å². The molecule has 1 N–H and O–H groups in total. The van der Waals surface area contributed by atoms with Gasteiger partial charge in [-0.25, -0.2) is 9.67 Å². The van der Waals surface area contributed by atoms with Gasteiger partial charge in [-0.1, -0.05) is 11.6 Å². The number of hydrogen-bond donors (Lipinski definition) is 1. The Bertz CT molecular complexity index is 946. The number of hydrogen-bond acceptors (Lipinski definition) is 3. The van der Waals surface area contributed by atoms with Crippen LogP contribution in [0.25, 0.3) is 5.69 Å². The topological polar surface area (TPSA) is 64.7 Å². The number of aromatic nitrogens is 4. The predicted octanol–water partition coefficient (Wildman–Crippen LogP) is 3.25. The molecule has 0 bridgehead atoms. The molecule has 10 heteroatoms. The zero-order valence-corrected chi connectivity index (χ0v) is 14.9. The summed E-state index contributed by atoms with van der Waals surface area (Å²) in [4.78, 5) is 16.4. The van der Waals surface area contributed by atoms with E-state index in [4.69, 9.17) is 11.6 Å². The van der Waals surface area contributed by atoms with Crippen molar-refractivity contribution in [2.45, 2.75) is 12.6 Å². The zero-order valence-electron chi connectivity index (χ0n) is 14.2. The molecule has 1 amide bonds. The molecule has 0 aliphatic rings. The maximum Gasteiger partial charge on any atom is 0.434 e. The number of nitrogens with zero attached hydrogens (tertiary/aromatic N) is 4. The molecule has 0 fully saturated rings. The van der Waals surface area contributed by atoms with Gasteiger partial charge in [0.15, 0.2) is 5.69 Å². The SMILES string of the molecule is Cn1ccnc1CCNC(=O)c1cnn(-c2ccc(Cl)cc2)c1C(F)(F)F. The summed E-state index contributed by atoms with van der Waals surface area (Å²) in [6.45, 7) is 0.146. The van der Waals surface area contributed by atoms with Crippen LogP contribution in [-0.4, -0.2) is 31.8 Å². The molecular weight excluding hydrogens is 383 g/mol. The molecular formula is C17H15ClF3N5O. The minimum Gasteiger partial charge on any atom is -0.351 e. The van der Waals surface area contributed by atoms with Crippen LogP contribution in [-0.2, 0) is 19.6 Å². The quantitative estimate of drug-likeness (QED) is 0.718. The Morgan fingerprint density at radius 1 is 1.26 bits per heavy atom. The molecule has 0 aliphatic heterocycles. The fourth-order valence-electron chi connectivity index (χ4n) is 2.59. The lowest BCUT2D eigenvalue weighted by molar-refractivity contribution is -0.143. The van der Waals surface area contributed by atoms with Gasteiger partial charge in [-0.05, 0) is 24.3 Å². The van der Waals surface area contributed by atoms with Crippen molar-refractivity contribution in [3.05, 3.63) is 65.0 Å². The number of imidazole rings is 1. The Balaban J connectivity index is 1.83. The first-order valence-electron chi connectivity index (χ1n) is 7.93. The largest absolute Gasteiger partial charge is 0.434 e. The Labute approximate surface area is 157 Å². The van der Waals surface area contributed by atoms with E-state index in [0.29, 0.717) is 21.9 Å². The molecule has 6 nitrogen and oxygen atoms in total. The number of aryl methyl sites for hydroxylation is 1. The number of nitrogens with one attached hydrogen (secondary N) is 1. The van der Waals surface area contributed by atoms with E-state index in [-0.39, 0.29) is 12.2 Å². The minimum absolute atomic E-state index is 0.146. The van der Waals surface area contributed by atoms with Crippen LogP contribution < -0.4 is 5.32 Å². The summed E-state index contributed by atoms with van der Waals surface area (Å²) in [5, 5.41) is 6.62. The van der Waals surface area contributed by atoms with Gasteiger partial charge in [0.05, 0.1) is 17.4 Å². The highest BCUT2D eigenvalue weighted by Gasteiger charge is 2.40. The fourth-order valence-corrected chi connectivity index (χ4v) is 2.71. The Hall–Kier alpha value is -2.81. The summed E-state index contributed by atoms with van der Waals surface area (Å²) in [6.07, 6.45) is -0.109. The van der Waals surface area contributed by atoms with Crippen LogP contribution in [0.4, 0.5) is 13.2 Å². The number of rotatable bonds is 5. The lowest BCUT2D eigenvalue weighted by Gasteiger charge is -2.13. The number of halogens is 4. The van der Waals surface area contributed by atoms with Gasteiger partial charge in [-0.2, -0.15) is 18.3 Å².